The summed E-state index contributed by atoms with van der Waals surface area (Å²) in [6.45, 7) is 2.14. The Kier molecular flexibility index (Phi) is 4.37. The fourth-order valence-corrected chi connectivity index (χ4v) is 2.11. The van der Waals surface area contributed by atoms with Crippen LogP contribution in [0.5, 0.6) is 11.5 Å². The van der Waals surface area contributed by atoms with E-state index in [4.69, 9.17) is 9.47 Å². The van der Waals surface area contributed by atoms with Crippen molar-refractivity contribution in [3.8, 4) is 11.5 Å². The quantitative estimate of drug-likeness (QED) is 0.854. The number of ether oxygens (including phenoxy) is 2. The molecule has 0 amide bonds. The van der Waals surface area contributed by atoms with Crippen LogP contribution in [0.4, 0.5) is 4.39 Å². The van der Waals surface area contributed by atoms with E-state index in [1.165, 1.54) is 12.1 Å². The first kappa shape index (κ1) is 13.8. The van der Waals surface area contributed by atoms with Gasteiger partial charge in [0, 0.05) is 28.4 Å². The van der Waals surface area contributed by atoms with Crippen molar-refractivity contribution in [2.75, 3.05) is 7.11 Å². The van der Waals surface area contributed by atoms with Gasteiger partial charge in [0.05, 0.1) is 12.8 Å². The fourth-order valence-electron chi connectivity index (χ4n) is 1.66. The van der Waals surface area contributed by atoms with Crippen molar-refractivity contribution in [2.45, 2.75) is 13.5 Å². The third-order valence-electron chi connectivity index (χ3n) is 2.44. The molecule has 100 valence electrons. The van der Waals surface area contributed by atoms with E-state index in [2.05, 4.69) is 20.9 Å². The maximum Gasteiger partial charge on any atom is 0.130 e. The predicted octanol–water partition coefficient (Wildman–Crippen LogP) is 3.88. The lowest BCUT2D eigenvalue weighted by atomic mass is 10.3. The summed E-state index contributed by atoms with van der Waals surface area (Å²) in [5, 5.41) is 0. The number of pyridine rings is 1. The van der Waals surface area contributed by atoms with Crippen molar-refractivity contribution in [3.05, 3.63) is 52.0 Å². The molecule has 1 heterocycles. The van der Waals surface area contributed by atoms with Crippen LogP contribution >= 0.6 is 15.9 Å². The standard InChI is InChI=1S/C14H13BrFNO2/c1-9-3-13(18-2)7-12(17-9)8-19-14-5-10(15)4-11(16)6-14/h3-7H,8H2,1-2H3. The molecule has 0 aliphatic carbocycles. The summed E-state index contributed by atoms with van der Waals surface area (Å²) in [5.41, 5.74) is 1.58. The van der Waals surface area contributed by atoms with Crippen LogP contribution in [0.2, 0.25) is 0 Å². The molecule has 0 atom stereocenters. The summed E-state index contributed by atoms with van der Waals surface area (Å²) < 4.78 is 24.5. The summed E-state index contributed by atoms with van der Waals surface area (Å²) in [7, 11) is 1.60. The minimum Gasteiger partial charge on any atom is -0.497 e. The van der Waals surface area contributed by atoms with Gasteiger partial charge in [-0.25, -0.2) is 4.39 Å². The number of benzene rings is 1. The first-order valence-corrected chi connectivity index (χ1v) is 6.46. The number of rotatable bonds is 4. The van der Waals surface area contributed by atoms with E-state index in [1.807, 2.05) is 13.0 Å². The molecule has 5 heteroatoms. The van der Waals surface area contributed by atoms with E-state index >= 15 is 0 Å². The summed E-state index contributed by atoms with van der Waals surface area (Å²) >= 11 is 3.22. The van der Waals surface area contributed by atoms with E-state index in [1.54, 1.807) is 19.2 Å². The van der Waals surface area contributed by atoms with Crippen LogP contribution in [-0.4, -0.2) is 12.1 Å². The second-order valence-electron chi connectivity index (χ2n) is 4.03. The number of halogens is 2. The van der Waals surface area contributed by atoms with Gasteiger partial charge in [-0.05, 0) is 19.1 Å². The maximum absolute atomic E-state index is 13.2. The molecular formula is C14H13BrFNO2. The van der Waals surface area contributed by atoms with Gasteiger partial charge in [0.15, 0.2) is 0 Å². The molecule has 0 fully saturated rings. The molecule has 0 aliphatic heterocycles. The molecular weight excluding hydrogens is 313 g/mol. The Labute approximate surface area is 119 Å². The second kappa shape index (κ2) is 6.02. The molecule has 0 spiro atoms. The largest absolute Gasteiger partial charge is 0.497 e. The summed E-state index contributed by atoms with van der Waals surface area (Å²) in [5.74, 6) is 0.833. The highest BCUT2D eigenvalue weighted by atomic mass is 79.9. The molecule has 0 aliphatic rings. The topological polar surface area (TPSA) is 31.4 Å². The summed E-state index contributed by atoms with van der Waals surface area (Å²) in [4.78, 5) is 4.33. The molecule has 1 aromatic carbocycles. The third kappa shape index (κ3) is 3.92. The summed E-state index contributed by atoms with van der Waals surface area (Å²) in [6, 6.07) is 8.04. The van der Waals surface area contributed by atoms with Gasteiger partial charge >= 0.3 is 0 Å². The van der Waals surface area contributed by atoms with Gasteiger partial charge in [-0.2, -0.15) is 0 Å². The monoisotopic (exact) mass is 325 g/mol. The van der Waals surface area contributed by atoms with Crippen molar-refractivity contribution in [2.24, 2.45) is 0 Å². The van der Waals surface area contributed by atoms with Gasteiger partial charge in [-0.15, -0.1) is 0 Å². The van der Waals surface area contributed by atoms with E-state index in [0.717, 1.165) is 17.1 Å². The Bertz CT molecular complexity index is 569. The van der Waals surface area contributed by atoms with Crippen molar-refractivity contribution < 1.29 is 13.9 Å². The van der Waals surface area contributed by atoms with Gasteiger partial charge < -0.3 is 9.47 Å². The molecule has 0 radical (unpaired) electrons. The molecule has 0 saturated heterocycles. The van der Waals surface area contributed by atoms with E-state index in [9.17, 15) is 4.39 Å². The Balaban J connectivity index is 2.11. The lowest BCUT2D eigenvalue weighted by Crippen LogP contribution is -2.00. The highest BCUT2D eigenvalue weighted by Crippen LogP contribution is 2.22. The van der Waals surface area contributed by atoms with Crippen LogP contribution in [0.25, 0.3) is 0 Å². The van der Waals surface area contributed by atoms with Gasteiger partial charge in [0.25, 0.3) is 0 Å². The number of hydrogen-bond acceptors (Lipinski definition) is 3. The van der Waals surface area contributed by atoms with Crippen molar-refractivity contribution in [1.29, 1.82) is 0 Å². The fraction of sp³-hybridized carbons (Fsp3) is 0.214. The molecule has 0 saturated carbocycles. The Morgan fingerprint density at radius 1 is 1.16 bits per heavy atom. The van der Waals surface area contributed by atoms with E-state index in [0.29, 0.717) is 10.2 Å². The average Bonchev–Trinajstić information content (AvgIpc) is 2.34. The number of aromatic nitrogens is 1. The Morgan fingerprint density at radius 2 is 1.95 bits per heavy atom. The molecule has 0 N–H and O–H groups in total. The maximum atomic E-state index is 13.2. The second-order valence-corrected chi connectivity index (χ2v) is 4.95. The number of aryl methyl sites for hydroxylation is 1. The first-order chi connectivity index (χ1) is 9.06. The number of hydrogen-bond donors (Lipinski definition) is 0. The zero-order valence-electron chi connectivity index (χ0n) is 10.6. The lowest BCUT2D eigenvalue weighted by Gasteiger charge is -2.08. The molecule has 2 rings (SSSR count). The Hall–Kier alpha value is -1.62. The molecule has 0 unspecified atom stereocenters. The van der Waals surface area contributed by atoms with Crippen LogP contribution in [0.3, 0.4) is 0 Å². The molecule has 1 aromatic heterocycles. The van der Waals surface area contributed by atoms with Crippen LogP contribution in [-0.2, 0) is 6.61 Å². The van der Waals surface area contributed by atoms with Crippen LogP contribution < -0.4 is 9.47 Å². The van der Waals surface area contributed by atoms with Gasteiger partial charge in [0.1, 0.15) is 23.9 Å². The molecule has 3 nitrogen and oxygen atoms in total. The van der Waals surface area contributed by atoms with Crippen molar-refractivity contribution in [3.63, 3.8) is 0 Å². The highest BCUT2D eigenvalue weighted by molar-refractivity contribution is 9.10. The molecule has 19 heavy (non-hydrogen) atoms. The van der Waals surface area contributed by atoms with Gasteiger partial charge in [-0.1, -0.05) is 15.9 Å². The molecule has 0 bridgehead atoms. The van der Waals surface area contributed by atoms with Gasteiger partial charge in [0.2, 0.25) is 0 Å². The normalized spacial score (nSPS) is 10.3. The van der Waals surface area contributed by atoms with Crippen molar-refractivity contribution >= 4 is 15.9 Å². The third-order valence-corrected chi connectivity index (χ3v) is 2.90. The highest BCUT2D eigenvalue weighted by Gasteiger charge is 2.04. The number of methoxy groups -OCH3 is 1. The Morgan fingerprint density at radius 3 is 2.63 bits per heavy atom. The van der Waals surface area contributed by atoms with Gasteiger partial charge in [-0.3, -0.25) is 4.98 Å². The molecule has 2 aromatic rings. The SMILES string of the molecule is COc1cc(C)nc(COc2cc(F)cc(Br)c2)c1. The van der Waals surface area contributed by atoms with Crippen LogP contribution in [0.1, 0.15) is 11.4 Å². The number of nitrogens with zero attached hydrogens (tertiary/aromatic N) is 1. The zero-order chi connectivity index (χ0) is 13.8. The smallest absolute Gasteiger partial charge is 0.130 e. The zero-order valence-corrected chi connectivity index (χ0v) is 12.2. The van der Waals surface area contributed by atoms with E-state index in [-0.39, 0.29) is 12.4 Å². The van der Waals surface area contributed by atoms with Crippen LogP contribution in [0.15, 0.2) is 34.8 Å². The average molecular weight is 326 g/mol. The van der Waals surface area contributed by atoms with E-state index < -0.39 is 0 Å². The first-order valence-electron chi connectivity index (χ1n) is 5.67. The lowest BCUT2D eigenvalue weighted by molar-refractivity contribution is 0.298. The minimum absolute atomic E-state index is 0.258. The van der Waals surface area contributed by atoms with Crippen molar-refractivity contribution in [1.82, 2.24) is 4.98 Å². The van der Waals surface area contributed by atoms with Crippen LogP contribution in [0, 0.1) is 12.7 Å². The minimum atomic E-state index is -0.348. The summed E-state index contributed by atoms with van der Waals surface area (Å²) in [6.07, 6.45) is 0. The predicted molar refractivity (Wildman–Crippen MR) is 74.0 cm³/mol.